The minimum absolute atomic E-state index is 0.0601. The molecule has 1 fully saturated rings. The minimum atomic E-state index is -1.06. The molecule has 0 saturated carbocycles. The number of benzene rings is 1. The van der Waals surface area contributed by atoms with Crippen LogP contribution in [0.25, 0.3) is 0 Å². The number of hydrogen-bond donors (Lipinski definition) is 1. The van der Waals surface area contributed by atoms with Gasteiger partial charge in [-0.1, -0.05) is 57.0 Å². The minimum Gasteiger partial charge on any atom is -0.461 e. The fraction of sp³-hybridized carbons (Fsp3) is 0.567. The molecule has 214 valence electrons. The number of aryl methyl sites for hydroxylation is 1. The van der Waals surface area contributed by atoms with Crippen LogP contribution in [0.2, 0.25) is 0 Å². The Labute approximate surface area is 239 Å². The van der Waals surface area contributed by atoms with Crippen molar-refractivity contribution in [3.05, 3.63) is 58.0 Å². The lowest BCUT2D eigenvalue weighted by molar-refractivity contribution is -0.156. The van der Waals surface area contributed by atoms with Crippen LogP contribution in [-0.4, -0.2) is 46.2 Å². The molecule has 0 spiro atoms. The number of esters is 1. The smallest absolute Gasteiger partial charge is 0.417 e. The topological polar surface area (TPSA) is 106 Å². The van der Waals surface area contributed by atoms with Gasteiger partial charge >= 0.3 is 12.1 Å². The molecule has 1 saturated heterocycles. The van der Waals surface area contributed by atoms with Gasteiger partial charge in [0.25, 0.3) is 0 Å². The standard InChI is InChI=1S/C30H40BrNO7/c1-19(2)27-30(4,5)39-29(36)32(27)28(35)22(17-21-13-9-8-10-14-21)26(37-20(3)34)25-18-23(31)24(38-25)15-11-6-7-12-16-33/h8-10,13-14,18-19,22,26-27,33H,6-7,11-12,15-17H2,1-5H3/t22-,26-,27-/m0/s1. The van der Waals surface area contributed by atoms with Crippen molar-refractivity contribution in [1.82, 2.24) is 4.90 Å². The van der Waals surface area contributed by atoms with Gasteiger partial charge in [-0.2, -0.15) is 0 Å². The first-order chi connectivity index (χ1) is 18.5. The summed E-state index contributed by atoms with van der Waals surface area (Å²) in [5.41, 5.74) is -0.0119. The lowest BCUT2D eigenvalue weighted by Crippen LogP contribution is -2.51. The lowest BCUT2D eigenvalue weighted by Gasteiger charge is -2.34. The van der Waals surface area contributed by atoms with E-state index in [0.717, 1.165) is 35.7 Å². The highest BCUT2D eigenvalue weighted by Gasteiger charge is 2.54. The van der Waals surface area contributed by atoms with Crippen molar-refractivity contribution in [3.8, 4) is 0 Å². The number of carbonyl (C=O) groups excluding carboxylic acids is 3. The van der Waals surface area contributed by atoms with E-state index in [9.17, 15) is 14.4 Å². The Bertz CT molecular complexity index is 1130. The second-order valence-corrected chi connectivity index (χ2v) is 11.9. The number of aliphatic hydroxyl groups is 1. The summed E-state index contributed by atoms with van der Waals surface area (Å²) >= 11 is 3.56. The highest BCUT2D eigenvalue weighted by molar-refractivity contribution is 9.10. The van der Waals surface area contributed by atoms with Gasteiger partial charge < -0.3 is 19.0 Å². The van der Waals surface area contributed by atoms with Crippen LogP contribution in [0.4, 0.5) is 4.79 Å². The van der Waals surface area contributed by atoms with Crippen LogP contribution in [0.1, 0.15) is 83.5 Å². The summed E-state index contributed by atoms with van der Waals surface area (Å²) in [5.74, 6) is -1.00. The summed E-state index contributed by atoms with van der Waals surface area (Å²) in [4.78, 5) is 40.9. The summed E-state index contributed by atoms with van der Waals surface area (Å²) in [6, 6.07) is 10.7. The fourth-order valence-electron chi connectivity index (χ4n) is 5.46. The molecule has 0 bridgehead atoms. The van der Waals surface area contributed by atoms with Crippen molar-refractivity contribution < 1.29 is 33.4 Å². The molecule has 2 amide bonds. The zero-order valence-electron chi connectivity index (χ0n) is 23.4. The van der Waals surface area contributed by atoms with Crippen molar-refractivity contribution >= 4 is 33.9 Å². The molecule has 1 aromatic carbocycles. The van der Waals surface area contributed by atoms with E-state index in [1.807, 2.05) is 44.2 Å². The first kappa shape index (κ1) is 30.9. The summed E-state index contributed by atoms with van der Waals surface area (Å²) in [6.07, 6.45) is 2.60. The van der Waals surface area contributed by atoms with Crippen molar-refractivity contribution in [2.24, 2.45) is 11.8 Å². The largest absolute Gasteiger partial charge is 0.461 e. The van der Waals surface area contributed by atoms with Gasteiger partial charge in [-0.25, -0.2) is 9.69 Å². The Kier molecular flexibility index (Phi) is 10.8. The van der Waals surface area contributed by atoms with Gasteiger partial charge in [-0.3, -0.25) is 9.59 Å². The molecule has 0 radical (unpaired) electrons. The number of amides is 2. The maximum atomic E-state index is 14.3. The molecular weight excluding hydrogens is 566 g/mol. The highest BCUT2D eigenvalue weighted by Crippen LogP contribution is 2.40. The molecule has 2 heterocycles. The maximum absolute atomic E-state index is 14.3. The Morgan fingerprint density at radius 1 is 1.13 bits per heavy atom. The summed E-state index contributed by atoms with van der Waals surface area (Å²) in [5, 5.41) is 9.01. The maximum Gasteiger partial charge on any atom is 0.417 e. The predicted octanol–water partition coefficient (Wildman–Crippen LogP) is 6.38. The van der Waals surface area contributed by atoms with Crippen molar-refractivity contribution in [2.45, 2.75) is 90.9 Å². The van der Waals surface area contributed by atoms with E-state index in [0.29, 0.717) is 17.9 Å². The molecule has 2 aromatic rings. The zero-order chi connectivity index (χ0) is 28.7. The number of nitrogens with zero attached hydrogens (tertiary/aromatic N) is 1. The number of unbranched alkanes of at least 4 members (excludes halogenated alkanes) is 3. The molecule has 3 atom stereocenters. The van der Waals surface area contributed by atoms with Gasteiger partial charge in [-0.05, 0) is 66.6 Å². The molecule has 0 unspecified atom stereocenters. The third kappa shape index (κ3) is 7.72. The molecule has 39 heavy (non-hydrogen) atoms. The van der Waals surface area contributed by atoms with Gasteiger partial charge in [0.15, 0.2) is 6.10 Å². The van der Waals surface area contributed by atoms with Crippen LogP contribution in [0.15, 0.2) is 45.3 Å². The van der Waals surface area contributed by atoms with Crippen LogP contribution >= 0.6 is 15.9 Å². The number of halogens is 1. The quantitative estimate of drug-likeness (QED) is 0.208. The monoisotopic (exact) mass is 605 g/mol. The number of hydrogen-bond acceptors (Lipinski definition) is 7. The Balaban J connectivity index is 2.00. The average molecular weight is 607 g/mol. The lowest BCUT2D eigenvalue weighted by atomic mass is 9.86. The third-order valence-corrected chi connectivity index (χ3v) is 7.72. The first-order valence-corrected chi connectivity index (χ1v) is 14.4. The molecule has 1 aliphatic heterocycles. The van der Waals surface area contributed by atoms with Gasteiger partial charge in [0.1, 0.15) is 17.1 Å². The summed E-state index contributed by atoms with van der Waals surface area (Å²) < 4.78 is 18.3. The van der Waals surface area contributed by atoms with Gasteiger partial charge in [0.2, 0.25) is 5.91 Å². The SMILES string of the molecule is CC(=O)O[C@H](c1cc(Br)c(CCCCCCO)o1)[C@H](Cc1ccccc1)C(=O)N1C(=O)OC(C)(C)[C@@H]1C(C)C. The van der Waals surface area contributed by atoms with Crippen LogP contribution in [0.5, 0.6) is 0 Å². The van der Waals surface area contributed by atoms with Gasteiger partial charge in [0.05, 0.1) is 16.4 Å². The number of furan rings is 1. The Morgan fingerprint density at radius 3 is 2.41 bits per heavy atom. The van der Waals surface area contributed by atoms with E-state index >= 15 is 0 Å². The van der Waals surface area contributed by atoms with E-state index in [1.54, 1.807) is 19.9 Å². The van der Waals surface area contributed by atoms with E-state index in [1.165, 1.54) is 11.8 Å². The van der Waals surface area contributed by atoms with E-state index in [-0.39, 0.29) is 18.9 Å². The second kappa shape index (κ2) is 13.6. The van der Waals surface area contributed by atoms with Crippen LogP contribution in [0.3, 0.4) is 0 Å². The molecule has 9 heteroatoms. The van der Waals surface area contributed by atoms with Crippen molar-refractivity contribution in [2.75, 3.05) is 6.61 Å². The number of imide groups is 1. The van der Waals surface area contributed by atoms with Crippen molar-refractivity contribution in [3.63, 3.8) is 0 Å². The Hall–Kier alpha value is -2.65. The molecule has 8 nitrogen and oxygen atoms in total. The number of rotatable bonds is 13. The zero-order valence-corrected chi connectivity index (χ0v) is 25.0. The number of aliphatic hydroxyl groups excluding tert-OH is 1. The molecule has 1 aliphatic rings. The molecule has 1 aromatic heterocycles. The van der Waals surface area contributed by atoms with Crippen molar-refractivity contribution in [1.29, 1.82) is 0 Å². The van der Waals surface area contributed by atoms with E-state index < -0.39 is 41.6 Å². The normalized spacial score (nSPS) is 18.2. The molecule has 1 N–H and O–H groups in total. The Morgan fingerprint density at radius 2 is 1.79 bits per heavy atom. The average Bonchev–Trinajstić information content (AvgIpc) is 3.35. The number of carbonyl (C=O) groups is 3. The van der Waals surface area contributed by atoms with E-state index in [4.69, 9.17) is 19.0 Å². The van der Waals surface area contributed by atoms with Crippen LogP contribution < -0.4 is 0 Å². The first-order valence-electron chi connectivity index (χ1n) is 13.6. The molecular formula is C30H40BrNO7. The van der Waals surface area contributed by atoms with Gasteiger partial charge in [0, 0.05) is 20.0 Å². The van der Waals surface area contributed by atoms with E-state index in [2.05, 4.69) is 15.9 Å². The molecule has 3 rings (SSSR count). The van der Waals surface area contributed by atoms with Crippen LogP contribution in [-0.2, 0) is 31.9 Å². The second-order valence-electron chi connectivity index (χ2n) is 11.0. The number of ether oxygens (including phenoxy) is 2. The number of cyclic esters (lactones) is 1. The summed E-state index contributed by atoms with van der Waals surface area (Å²) in [7, 11) is 0. The predicted molar refractivity (Wildman–Crippen MR) is 150 cm³/mol. The fourth-order valence-corrected chi connectivity index (χ4v) is 5.97. The van der Waals surface area contributed by atoms with Crippen LogP contribution in [0, 0.1) is 11.8 Å². The third-order valence-electron chi connectivity index (χ3n) is 7.05. The summed E-state index contributed by atoms with van der Waals surface area (Å²) in [6.45, 7) is 8.96. The molecule has 0 aliphatic carbocycles. The highest BCUT2D eigenvalue weighted by atomic mass is 79.9. The van der Waals surface area contributed by atoms with Gasteiger partial charge in [-0.15, -0.1) is 0 Å².